The van der Waals surface area contributed by atoms with E-state index in [2.05, 4.69) is 46.4 Å². The average Bonchev–Trinajstić information content (AvgIpc) is 2.38. The maximum Gasteiger partial charge on any atom is 0.119 e. The number of aryl methyl sites for hydroxylation is 1. The van der Waals surface area contributed by atoms with Crippen LogP contribution in [0.1, 0.15) is 11.1 Å². The fourth-order valence-electron chi connectivity index (χ4n) is 1.70. The molecule has 0 aliphatic carbocycles. The zero-order valence-electron chi connectivity index (χ0n) is 10.5. The Morgan fingerprint density at radius 2 is 1.83 bits per heavy atom. The van der Waals surface area contributed by atoms with Gasteiger partial charge in [-0.1, -0.05) is 28.1 Å². The van der Waals surface area contributed by atoms with E-state index in [1.807, 2.05) is 24.3 Å². The Morgan fingerprint density at radius 3 is 2.44 bits per heavy atom. The number of nitrogens with one attached hydrogen (secondary N) is 1. The van der Waals surface area contributed by atoms with Crippen LogP contribution in [0.3, 0.4) is 0 Å². The van der Waals surface area contributed by atoms with Crippen molar-refractivity contribution in [1.82, 2.24) is 0 Å². The van der Waals surface area contributed by atoms with Crippen molar-refractivity contribution in [2.75, 3.05) is 12.4 Å². The molecule has 2 nitrogen and oxygen atoms in total. The number of rotatable bonds is 4. The molecule has 2 aromatic carbocycles. The van der Waals surface area contributed by atoms with E-state index in [0.717, 1.165) is 22.5 Å². The zero-order valence-corrected chi connectivity index (χ0v) is 12.1. The Morgan fingerprint density at radius 1 is 1.11 bits per heavy atom. The van der Waals surface area contributed by atoms with Gasteiger partial charge < -0.3 is 10.1 Å². The molecule has 0 saturated heterocycles. The maximum absolute atomic E-state index is 5.13. The lowest BCUT2D eigenvalue weighted by Crippen LogP contribution is -2.00. The molecule has 0 heterocycles. The molecule has 0 aliphatic heterocycles. The van der Waals surface area contributed by atoms with Crippen LogP contribution in [0.5, 0.6) is 5.75 Å². The number of benzene rings is 2. The summed E-state index contributed by atoms with van der Waals surface area (Å²) in [5.74, 6) is 0.872. The highest BCUT2D eigenvalue weighted by molar-refractivity contribution is 9.10. The molecule has 0 fully saturated rings. The van der Waals surface area contributed by atoms with Gasteiger partial charge in [-0.15, -0.1) is 0 Å². The van der Waals surface area contributed by atoms with Crippen LogP contribution < -0.4 is 10.1 Å². The van der Waals surface area contributed by atoms with Gasteiger partial charge in [0.25, 0.3) is 0 Å². The van der Waals surface area contributed by atoms with Crippen molar-refractivity contribution in [1.29, 1.82) is 0 Å². The van der Waals surface area contributed by atoms with E-state index in [1.165, 1.54) is 11.1 Å². The third-order valence-electron chi connectivity index (χ3n) is 2.78. The summed E-state index contributed by atoms with van der Waals surface area (Å²) in [4.78, 5) is 0. The fraction of sp³-hybridized carbons (Fsp3) is 0.200. The molecule has 0 spiro atoms. The standard InChI is InChI=1S/C15H16BrNO/c1-11-3-4-12(15(16)9-11)10-17-13-5-7-14(18-2)8-6-13/h3-9,17H,10H2,1-2H3. The van der Waals surface area contributed by atoms with Crippen molar-refractivity contribution in [2.45, 2.75) is 13.5 Å². The second-order valence-electron chi connectivity index (χ2n) is 4.18. The van der Waals surface area contributed by atoms with Crippen LogP contribution in [0.15, 0.2) is 46.9 Å². The lowest BCUT2D eigenvalue weighted by molar-refractivity contribution is 0.415. The van der Waals surface area contributed by atoms with Gasteiger partial charge in [-0.25, -0.2) is 0 Å². The van der Waals surface area contributed by atoms with Gasteiger partial charge in [-0.05, 0) is 48.4 Å². The van der Waals surface area contributed by atoms with E-state index < -0.39 is 0 Å². The molecule has 3 heteroatoms. The SMILES string of the molecule is COc1ccc(NCc2ccc(C)cc2Br)cc1. The van der Waals surface area contributed by atoms with Gasteiger partial charge in [0.1, 0.15) is 5.75 Å². The van der Waals surface area contributed by atoms with Gasteiger partial charge >= 0.3 is 0 Å². The summed E-state index contributed by atoms with van der Waals surface area (Å²) in [6, 6.07) is 14.3. The summed E-state index contributed by atoms with van der Waals surface area (Å²) in [5.41, 5.74) is 3.59. The van der Waals surface area contributed by atoms with Crippen molar-refractivity contribution < 1.29 is 4.74 Å². The number of methoxy groups -OCH3 is 1. The van der Waals surface area contributed by atoms with Crippen LogP contribution in [0.4, 0.5) is 5.69 Å². The lowest BCUT2D eigenvalue weighted by atomic mass is 10.1. The molecule has 18 heavy (non-hydrogen) atoms. The molecule has 0 bridgehead atoms. The smallest absolute Gasteiger partial charge is 0.119 e. The molecular weight excluding hydrogens is 290 g/mol. The van der Waals surface area contributed by atoms with Crippen molar-refractivity contribution in [3.8, 4) is 5.75 Å². The van der Waals surface area contributed by atoms with Gasteiger partial charge in [0.05, 0.1) is 7.11 Å². The van der Waals surface area contributed by atoms with Gasteiger partial charge in [0.15, 0.2) is 0 Å². The van der Waals surface area contributed by atoms with Crippen LogP contribution in [0, 0.1) is 6.92 Å². The summed E-state index contributed by atoms with van der Waals surface area (Å²) >= 11 is 3.58. The Hall–Kier alpha value is -1.48. The monoisotopic (exact) mass is 305 g/mol. The molecule has 0 aliphatic rings. The summed E-state index contributed by atoms with van der Waals surface area (Å²) < 4.78 is 6.27. The minimum absolute atomic E-state index is 0.799. The second-order valence-corrected chi connectivity index (χ2v) is 5.03. The van der Waals surface area contributed by atoms with Crippen molar-refractivity contribution >= 4 is 21.6 Å². The predicted molar refractivity (Wildman–Crippen MR) is 79.2 cm³/mol. The van der Waals surface area contributed by atoms with E-state index >= 15 is 0 Å². The van der Waals surface area contributed by atoms with Gasteiger partial charge in [-0.3, -0.25) is 0 Å². The maximum atomic E-state index is 5.13. The Balaban J connectivity index is 2.02. The molecule has 94 valence electrons. The highest BCUT2D eigenvalue weighted by atomic mass is 79.9. The van der Waals surface area contributed by atoms with E-state index in [9.17, 15) is 0 Å². The van der Waals surface area contributed by atoms with Crippen LogP contribution in [0.25, 0.3) is 0 Å². The molecule has 0 radical (unpaired) electrons. The quantitative estimate of drug-likeness (QED) is 0.905. The van der Waals surface area contributed by atoms with Gasteiger partial charge in [0, 0.05) is 16.7 Å². The van der Waals surface area contributed by atoms with Gasteiger partial charge in [0.2, 0.25) is 0 Å². The van der Waals surface area contributed by atoms with Crippen LogP contribution in [0.2, 0.25) is 0 Å². The molecule has 0 aromatic heterocycles. The molecular formula is C15H16BrNO. The Kier molecular flexibility index (Phi) is 4.26. The molecule has 2 rings (SSSR count). The molecule has 2 aromatic rings. The van der Waals surface area contributed by atoms with E-state index in [1.54, 1.807) is 7.11 Å². The lowest BCUT2D eigenvalue weighted by Gasteiger charge is -2.09. The van der Waals surface area contributed by atoms with E-state index in [-0.39, 0.29) is 0 Å². The van der Waals surface area contributed by atoms with E-state index in [0.29, 0.717) is 0 Å². The summed E-state index contributed by atoms with van der Waals surface area (Å²) in [5, 5.41) is 3.39. The van der Waals surface area contributed by atoms with Crippen LogP contribution in [-0.4, -0.2) is 7.11 Å². The van der Waals surface area contributed by atoms with Crippen LogP contribution in [-0.2, 0) is 6.54 Å². The largest absolute Gasteiger partial charge is 0.497 e. The van der Waals surface area contributed by atoms with Crippen molar-refractivity contribution in [3.63, 3.8) is 0 Å². The minimum Gasteiger partial charge on any atom is -0.497 e. The molecule has 0 unspecified atom stereocenters. The predicted octanol–water partition coefficient (Wildman–Crippen LogP) is 4.38. The number of hydrogen-bond acceptors (Lipinski definition) is 2. The minimum atomic E-state index is 0.799. The first-order valence-electron chi connectivity index (χ1n) is 5.82. The van der Waals surface area contributed by atoms with Crippen LogP contribution >= 0.6 is 15.9 Å². The summed E-state index contributed by atoms with van der Waals surface area (Å²) in [7, 11) is 1.67. The first kappa shape index (κ1) is 13.0. The Labute approximate surface area is 116 Å². The fourth-order valence-corrected chi connectivity index (χ4v) is 2.34. The van der Waals surface area contributed by atoms with E-state index in [4.69, 9.17) is 4.74 Å². The highest BCUT2D eigenvalue weighted by Crippen LogP contribution is 2.20. The van der Waals surface area contributed by atoms with Crippen molar-refractivity contribution in [3.05, 3.63) is 58.1 Å². The summed E-state index contributed by atoms with van der Waals surface area (Å²) in [6.07, 6.45) is 0. The third kappa shape index (κ3) is 3.26. The first-order valence-corrected chi connectivity index (χ1v) is 6.61. The number of halogens is 1. The molecule has 0 amide bonds. The number of hydrogen-bond donors (Lipinski definition) is 1. The first-order chi connectivity index (χ1) is 8.69. The molecule has 1 N–H and O–H groups in total. The third-order valence-corrected chi connectivity index (χ3v) is 3.52. The highest BCUT2D eigenvalue weighted by Gasteiger charge is 2.00. The number of ether oxygens (including phenoxy) is 1. The molecule has 0 atom stereocenters. The molecule has 0 saturated carbocycles. The summed E-state index contributed by atoms with van der Waals surface area (Å²) in [6.45, 7) is 2.89. The Bertz CT molecular complexity index is 523. The zero-order chi connectivity index (χ0) is 13.0. The normalized spacial score (nSPS) is 10.2. The van der Waals surface area contributed by atoms with Gasteiger partial charge in [-0.2, -0.15) is 0 Å². The second kappa shape index (κ2) is 5.91. The number of anilines is 1. The topological polar surface area (TPSA) is 21.3 Å². The average molecular weight is 306 g/mol. The van der Waals surface area contributed by atoms with Crippen molar-refractivity contribution in [2.24, 2.45) is 0 Å².